The van der Waals surface area contributed by atoms with E-state index < -0.39 is 17.2 Å². The summed E-state index contributed by atoms with van der Waals surface area (Å²) in [6, 6.07) is 17.4. The lowest BCUT2D eigenvalue weighted by atomic mass is 10.1. The van der Waals surface area contributed by atoms with Crippen molar-refractivity contribution in [3.63, 3.8) is 0 Å². The molecule has 0 aliphatic heterocycles. The Balaban J connectivity index is 1.64. The number of aromatic nitrogens is 1. The Kier molecular flexibility index (Phi) is 8.19. The largest absolute Gasteiger partial charge is 0.611 e. The second kappa shape index (κ2) is 11.5. The van der Waals surface area contributed by atoms with Gasteiger partial charge in [0.15, 0.2) is 21.5 Å². The quantitative estimate of drug-likeness (QED) is 0.273. The fourth-order valence-corrected chi connectivity index (χ4v) is 5.30. The van der Waals surface area contributed by atoms with Gasteiger partial charge in [-0.3, -0.25) is 10.1 Å². The molecule has 0 radical (unpaired) electrons. The number of anilines is 2. The Morgan fingerprint density at radius 3 is 2.42 bits per heavy atom. The summed E-state index contributed by atoms with van der Waals surface area (Å²) in [6.45, 7) is 1.87. The zero-order valence-corrected chi connectivity index (χ0v) is 22.0. The zero-order valence-electron chi connectivity index (χ0n) is 20.4. The van der Waals surface area contributed by atoms with Crippen LogP contribution < -0.4 is 24.8 Å². The van der Waals surface area contributed by atoms with Gasteiger partial charge in [-0.15, -0.1) is 0 Å². The van der Waals surface area contributed by atoms with Crippen LogP contribution in [-0.4, -0.2) is 42.5 Å². The molecule has 0 saturated carbocycles. The van der Waals surface area contributed by atoms with Gasteiger partial charge in [0.2, 0.25) is 0 Å². The summed E-state index contributed by atoms with van der Waals surface area (Å²) in [5, 5.41) is 6.68. The van der Waals surface area contributed by atoms with E-state index in [1.807, 2.05) is 49.4 Å². The first-order chi connectivity index (χ1) is 17.4. The minimum Gasteiger partial charge on any atom is -0.611 e. The van der Waals surface area contributed by atoms with E-state index in [0.29, 0.717) is 33.6 Å². The molecule has 188 valence electrons. The first-order valence-corrected chi connectivity index (χ1v) is 13.3. The average Bonchev–Trinajstić information content (AvgIpc) is 3.31. The molecule has 0 spiro atoms. The molecule has 0 bridgehead atoms. The van der Waals surface area contributed by atoms with Crippen LogP contribution in [0.5, 0.6) is 17.2 Å². The molecular weight excluding hydrogens is 498 g/mol. The van der Waals surface area contributed by atoms with E-state index in [1.54, 1.807) is 39.5 Å². The van der Waals surface area contributed by atoms with E-state index in [9.17, 15) is 9.35 Å². The summed E-state index contributed by atoms with van der Waals surface area (Å²) < 4.78 is 29.1. The van der Waals surface area contributed by atoms with Gasteiger partial charge in [-0.2, -0.15) is 0 Å². The molecule has 8 nitrogen and oxygen atoms in total. The smallest absolute Gasteiger partial charge is 0.253 e. The number of hydrogen-bond acceptors (Lipinski definition) is 8. The maximum Gasteiger partial charge on any atom is 0.253 e. The van der Waals surface area contributed by atoms with Gasteiger partial charge in [0, 0.05) is 23.9 Å². The van der Waals surface area contributed by atoms with Gasteiger partial charge >= 0.3 is 0 Å². The predicted octanol–water partition coefficient (Wildman–Crippen LogP) is 5.24. The Morgan fingerprint density at radius 2 is 1.75 bits per heavy atom. The molecular formula is C26H27N3O5S2. The number of hydrogen-bond donors (Lipinski definition) is 2. The number of amides is 1. The zero-order chi connectivity index (χ0) is 25.7. The highest BCUT2D eigenvalue weighted by Gasteiger charge is 2.23. The van der Waals surface area contributed by atoms with Crippen LogP contribution in [0.1, 0.15) is 18.5 Å². The van der Waals surface area contributed by atoms with Crippen molar-refractivity contribution in [2.45, 2.75) is 17.9 Å². The summed E-state index contributed by atoms with van der Waals surface area (Å²) in [7, 11) is 4.73. The molecule has 3 aromatic carbocycles. The third-order valence-corrected chi connectivity index (χ3v) is 7.76. The fourth-order valence-electron chi connectivity index (χ4n) is 3.64. The third-order valence-electron chi connectivity index (χ3n) is 5.51. The van der Waals surface area contributed by atoms with Gasteiger partial charge in [-0.25, -0.2) is 4.98 Å². The lowest BCUT2D eigenvalue weighted by molar-refractivity contribution is -0.117. The number of rotatable bonds is 10. The predicted molar refractivity (Wildman–Crippen MR) is 144 cm³/mol. The van der Waals surface area contributed by atoms with Gasteiger partial charge in [-0.05, 0) is 47.9 Å². The highest BCUT2D eigenvalue weighted by atomic mass is 32.2. The lowest BCUT2D eigenvalue weighted by Crippen LogP contribution is -2.27. The average molecular weight is 526 g/mol. The normalized spacial score (nSPS) is 12.6. The summed E-state index contributed by atoms with van der Waals surface area (Å²) in [6.07, 6.45) is 0. The van der Waals surface area contributed by atoms with Crippen LogP contribution >= 0.6 is 11.3 Å². The fraction of sp³-hybridized carbons (Fsp3) is 0.231. The topological polar surface area (TPSA) is 105 Å². The van der Waals surface area contributed by atoms with Crippen molar-refractivity contribution in [3.8, 4) is 17.2 Å². The van der Waals surface area contributed by atoms with Crippen molar-refractivity contribution in [2.24, 2.45) is 0 Å². The maximum atomic E-state index is 13.5. The van der Waals surface area contributed by atoms with Gasteiger partial charge < -0.3 is 24.1 Å². The maximum absolute atomic E-state index is 13.5. The van der Waals surface area contributed by atoms with Crippen LogP contribution in [0.4, 0.5) is 10.8 Å². The first-order valence-electron chi connectivity index (χ1n) is 11.2. The summed E-state index contributed by atoms with van der Waals surface area (Å²) >= 11 is 0.265. The van der Waals surface area contributed by atoms with E-state index in [2.05, 4.69) is 15.6 Å². The lowest BCUT2D eigenvalue weighted by Gasteiger charge is -2.20. The number of carbonyl (C=O) groups is 1. The van der Waals surface area contributed by atoms with E-state index in [0.717, 1.165) is 20.8 Å². The van der Waals surface area contributed by atoms with Crippen LogP contribution in [0.3, 0.4) is 0 Å². The van der Waals surface area contributed by atoms with Gasteiger partial charge in [0.25, 0.3) is 5.91 Å². The Morgan fingerprint density at radius 1 is 1.03 bits per heavy atom. The van der Waals surface area contributed by atoms with E-state index in [1.165, 1.54) is 11.3 Å². The molecule has 0 saturated heterocycles. The van der Waals surface area contributed by atoms with Crippen LogP contribution in [0.15, 0.2) is 65.6 Å². The van der Waals surface area contributed by atoms with Crippen molar-refractivity contribution in [3.05, 3.63) is 66.2 Å². The summed E-state index contributed by atoms with van der Waals surface area (Å²) in [5.41, 5.74) is 2.13. The number of fused-ring (bicyclic) bond motifs is 1. The Bertz CT molecular complexity index is 1300. The second-order valence-corrected chi connectivity index (χ2v) is 10.5. The van der Waals surface area contributed by atoms with E-state index in [-0.39, 0.29) is 5.91 Å². The molecule has 1 amide bonds. The van der Waals surface area contributed by atoms with Crippen molar-refractivity contribution in [1.82, 2.24) is 4.98 Å². The number of methoxy groups -OCH3 is 3. The number of carbonyl (C=O) groups excluding carboxylic acids is 1. The number of nitrogens with zero attached hydrogens (tertiary/aromatic N) is 1. The summed E-state index contributed by atoms with van der Waals surface area (Å²) in [5.74, 6) is 2.06. The molecule has 2 N–H and O–H groups in total. The number of ether oxygens (including phenoxy) is 3. The van der Waals surface area contributed by atoms with Gasteiger partial charge in [-0.1, -0.05) is 29.5 Å². The van der Waals surface area contributed by atoms with E-state index >= 15 is 0 Å². The SMILES string of the molecule is CC[S+]([O-])c1ccc(C(Nc2cccc(OC)c2)C(=O)Nc2nc3cc(OC)c(OC)cc3s2)cc1. The Labute approximate surface area is 216 Å². The molecule has 2 unspecified atom stereocenters. The molecule has 4 aromatic rings. The van der Waals surface area contributed by atoms with Crippen molar-refractivity contribution in [1.29, 1.82) is 0 Å². The molecule has 1 aromatic heterocycles. The van der Waals surface area contributed by atoms with Gasteiger partial charge in [0.1, 0.15) is 17.5 Å². The third kappa shape index (κ3) is 5.67. The van der Waals surface area contributed by atoms with Crippen molar-refractivity contribution >= 4 is 49.5 Å². The van der Waals surface area contributed by atoms with Crippen molar-refractivity contribution < 1.29 is 23.6 Å². The second-order valence-electron chi connectivity index (χ2n) is 7.70. The highest BCUT2D eigenvalue weighted by Crippen LogP contribution is 2.36. The van der Waals surface area contributed by atoms with Crippen LogP contribution in [0.25, 0.3) is 10.2 Å². The minimum atomic E-state index is -1.08. The van der Waals surface area contributed by atoms with Crippen LogP contribution in [-0.2, 0) is 16.0 Å². The first kappa shape index (κ1) is 25.6. The number of benzene rings is 3. The monoisotopic (exact) mass is 525 g/mol. The molecule has 36 heavy (non-hydrogen) atoms. The summed E-state index contributed by atoms with van der Waals surface area (Å²) in [4.78, 5) is 18.8. The van der Waals surface area contributed by atoms with Crippen LogP contribution in [0.2, 0.25) is 0 Å². The van der Waals surface area contributed by atoms with E-state index in [4.69, 9.17) is 14.2 Å². The molecule has 1 heterocycles. The molecule has 4 rings (SSSR count). The molecule has 0 fully saturated rings. The Hall–Kier alpha value is -3.47. The molecule has 0 aliphatic carbocycles. The van der Waals surface area contributed by atoms with Gasteiger partial charge in [0.05, 0.1) is 31.5 Å². The molecule has 2 atom stereocenters. The van der Waals surface area contributed by atoms with Crippen molar-refractivity contribution in [2.75, 3.05) is 37.7 Å². The molecule has 10 heteroatoms. The highest BCUT2D eigenvalue weighted by molar-refractivity contribution is 7.91. The number of nitrogens with one attached hydrogen (secondary N) is 2. The number of thiazole rings is 1. The standard InChI is InChI=1S/C26H27N3O5S2/c1-5-36(31)19-11-9-16(10-12-19)24(27-17-7-6-8-18(13-17)32-2)25(30)29-26-28-20-14-21(33-3)22(34-4)15-23(20)35-26/h6-15,24,27H,5H2,1-4H3,(H,28,29,30). The minimum absolute atomic E-state index is 0.292. The molecule has 0 aliphatic rings. The van der Waals surface area contributed by atoms with Crippen LogP contribution in [0, 0.1) is 0 Å².